The highest BCUT2D eigenvalue weighted by molar-refractivity contribution is 5.87. The molecule has 0 aromatic rings. The van der Waals surface area contributed by atoms with Crippen molar-refractivity contribution in [3.63, 3.8) is 0 Å². The van der Waals surface area contributed by atoms with Crippen molar-refractivity contribution in [1.82, 2.24) is 4.90 Å². The summed E-state index contributed by atoms with van der Waals surface area (Å²) in [5.74, 6) is 0.347. The van der Waals surface area contributed by atoms with Gasteiger partial charge in [-0.05, 0) is 47.0 Å². The highest BCUT2D eigenvalue weighted by atomic mass is 16.6. The highest BCUT2D eigenvalue weighted by Crippen LogP contribution is 2.30. The molecule has 0 aromatic carbocycles. The van der Waals surface area contributed by atoms with E-state index in [1.54, 1.807) is 4.90 Å². The zero-order chi connectivity index (χ0) is 13.9. The minimum atomic E-state index is -0.522. The number of ether oxygens (including phenoxy) is 1. The van der Waals surface area contributed by atoms with E-state index in [2.05, 4.69) is 0 Å². The molecule has 1 amide bonds. The molecule has 1 fully saturated rings. The van der Waals surface area contributed by atoms with Gasteiger partial charge in [-0.1, -0.05) is 6.92 Å². The summed E-state index contributed by atoms with van der Waals surface area (Å²) in [5, 5.41) is 0. The monoisotopic (exact) mass is 255 g/mol. The minimum Gasteiger partial charge on any atom is -0.444 e. The Morgan fingerprint density at radius 3 is 2.28 bits per heavy atom. The summed E-state index contributed by atoms with van der Waals surface area (Å²) in [6.45, 7) is 9.65. The topological polar surface area (TPSA) is 46.6 Å². The maximum atomic E-state index is 12.1. The van der Waals surface area contributed by atoms with Crippen LogP contribution in [0.5, 0.6) is 0 Å². The molecule has 1 aliphatic rings. The lowest BCUT2D eigenvalue weighted by atomic mass is 10.2. The summed E-state index contributed by atoms with van der Waals surface area (Å²) in [5.41, 5.74) is -0.522. The van der Waals surface area contributed by atoms with Crippen LogP contribution in [-0.4, -0.2) is 35.0 Å². The first kappa shape index (κ1) is 15.0. The molecule has 4 heteroatoms. The van der Waals surface area contributed by atoms with Crippen LogP contribution >= 0.6 is 0 Å². The van der Waals surface area contributed by atoms with E-state index in [1.807, 2.05) is 34.6 Å². The number of Topliss-reactive ketones (excluding diaryl/α,β-unsaturated/α-hetero) is 1. The molecule has 0 saturated heterocycles. The summed E-state index contributed by atoms with van der Waals surface area (Å²) in [6, 6.07) is 0.0301. The lowest BCUT2D eigenvalue weighted by molar-refractivity contribution is -0.121. The quantitative estimate of drug-likeness (QED) is 0.758. The molecule has 1 aliphatic carbocycles. The number of carbonyl (C=O) groups excluding carboxylic acids is 2. The number of rotatable bonds is 5. The summed E-state index contributed by atoms with van der Waals surface area (Å²) < 4.78 is 5.36. The Hall–Kier alpha value is -1.06. The Labute approximate surface area is 110 Å². The molecule has 0 aliphatic heterocycles. The SMILES string of the molecule is CCC(C)N(CC(=O)C1CC1)C(=O)OC(C)(C)C. The van der Waals surface area contributed by atoms with E-state index in [0.29, 0.717) is 0 Å². The second kappa shape index (κ2) is 5.72. The van der Waals surface area contributed by atoms with Gasteiger partial charge in [0.25, 0.3) is 0 Å². The zero-order valence-electron chi connectivity index (χ0n) is 12.2. The van der Waals surface area contributed by atoms with E-state index in [9.17, 15) is 9.59 Å². The van der Waals surface area contributed by atoms with Crippen molar-refractivity contribution in [1.29, 1.82) is 0 Å². The third-order valence-electron chi connectivity index (χ3n) is 3.11. The van der Waals surface area contributed by atoms with Gasteiger partial charge in [-0.15, -0.1) is 0 Å². The molecular weight excluding hydrogens is 230 g/mol. The van der Waals surface area contributed by atoms with E-state index in [0.717, 1.165) is 19.3 Å². The van der Waals surface area contributed by atoms with Crippen LogP contribution in [0.2, 0.25) is 0 Å². The fourth-order valence-electron chi connectivity index (χ4n) is 1.64. The summed E-state index contributed by atoms with van der Waals surface area (Å²) in [6.07, 6.45) is 2.38. The molecular formula is C14H25NO3. The zero-order valence-corrected chi connectivity index (χ0v) is 12.2. The average Bonchev–Trinajstić information content (AvgIpc) is 3.05. The lowest BCUT2D eigenvalue weighted by Gasteiger charge is -2.30. The fourth-order valence-corrected chi connectivity index (χ4v) is 1.64. The second-order valence-electron chi connectivity index (χ2n) is 6.11. The molecule has 0 bridgehead atoms. The Balaban J connectivity index is 2.64. The van der Waals surface area contributed by atoms with Crippen LogP contribution in [0.1, 0.15) is 53.9 Å². The molecule has 0 radical (unpaired) electrons. The largest absolute Gasteiger partial charge is 0.444 e. The van der Waals surface area contributed by atoms with Gasteiger partial charge in [0.05, 0.1) is 6.54 Å². The van der Waals surface area contributed by atoms with Gasteiger partial charge in [0, 0.05) is 12.0 Å². The highest BCUT2D eigenvalue weighted by Gasteiger charge is 2.34. The van der Waals surface area contributed by atoms with E-state index in [4.69, 9.17) is 4.74 Å². The van der Waals surface area contributed by atoms with Gasteiger partial charge in [0.2, 0.25) is 0 Å². The maximum absolute atomic E-state index is 12.1. The number of nitrogens with zero attached hydrogens (tertiary/aromatic N) is 1. The van der Waals surface area contributed by atoms with Crippen LogP contribution in [0.25, 0.3) is 0 Å². The van der Waals surface area contributed by atoms with Crippen molar-refractivity contribution in [3.8, 4) is 0 Å². The van der Waals surface area contributed by atoms with Crippen LogP contribution in [0.4, 0.5) is 4.79 Å². The fraction of sp³-hybridized carbons (Fsp3) is 0.857. The number of ketones is 1. The van der Waals surface area contributed by atoms with Gasteiger partial charge in [0.1, 0.15) is 5.60 Å². The molecule has 0 aromatic heterocycles. The van der Waals surface area contributed by atoms with Crippen molar-refractivity contribution in [2.24, 2.45) is 5.92 Å². The third-order valence-corrected chi connectivity index (χ3v) is 3.11. The van der Waals surface area contributed by atoms with Crippen LogP contribution in [-0.2, 0) is 9.53 Å². The van der Waals surface area contributed by atoms with Crippen molar-refractivity contribution < 1.29 is 14.3 Å². The van der Waals surface area contributed by atoms with Crippen LogP contribution < -0.4 is 0 Å². The molecule has 104 valence electrons. The number of amides is 1. The molecule has 0 heterocycles. The van der Waals surface area contributed by atoms with E-state index < -0.39 is 5.60 Å². The van der Waals surface area contributed by atoms with Crippen molar-refractivity contribution >= 4 is 11.9 Å². The first-order chi connectivity index (χ1) is 8.24. The molecule has 1 atom stereocenters. The number of hydrogen-bond donors (Lipinski definition) is 0. The van der Waals surface area contributed by atoms with Gasteiger partial charge in [0.15, 0.2) is 5.78 Å². The van der Waals surface area contributed by atoms with Crippen LogP contribution in [0, 0.1) is 5.92 Å². The van der Waals surface area contributed by atoms with E-state index in [-0.39, 0.29) is 30.4 Å². The third kappa shape index (κ3) is 4.67. The van der Waals surface area contributed by atoms with Gasteiger partial charge in [-0.3, -0.25) is 9.69 Å². The van der Waals surface area contributed by atoms with Gasteiger partial charge in [-0.2, -0.15) is 0 Å². The molecule has 4 nitrogen and oxygen atoms in total. The Bertz CT molecular complexity index is 315. The summed E-state index contributed by atoms with van der Waals surface area (Å²) in [4.78, 5) is 25.5. The van der Waals surface area contributed by atoms with Gasteiger partial charge in [-0.25, -0.2) is 4.79 Å². The van der Waals surface area contributed by atoms with Gasteiger partial charge >= 0.3 is 6.09 Å². The van der Waals surface area contributed by atoms with E-state index in [1.165, 1.54) is 0 Å². The Kier molecular flexibility index (Phi) is 4.77. The number of hydrogen-bond acceptors (Lipinski definition) is 3. The first-order valence-electron chi connectivity index (χ1n) is 6.77. The number of carbonyl (C=O) groups is 2. The first-order valence-corrected chi connectivity index (χ1v) is 6.77. The van der Waals surface area contributed by atoms with Crippen molar-refractivity contribution in [2.75, 3.05) is 6.54 Å². The summed E-state index contributed by atoms with van der Waals surface area (Å²) in [7, 11) is 0. The Morgan fingerprint density at radius 1 is 1.33 bits per heavy atom. The second-order valence-corrected chi connectivity index (χ2v) is 6.11. The van der Waals surface area contributed by atoms with E-state index >= 15 is 0 Å². The predicted molar refractivity (Wildman–Crippen MR) is 70.4 cm³/mol. The average molecular weight is 255 g/mol. The van der Waals surface area contributed by atoms with Crippen LogP contribution in [0.15, 0.2) is 0 Å². The molecule has 0 spiro atoms. The standard InChI is InChI=1S/C14H25NO3/c1-6-10(2)15(9-12(16)11-7-8-11)13(17)18-14(3,4)5/h10-11H,6-9H2,1-5H3. The normalized spacial score (nSPS) is 17.2. The van der Waals surface area contributed by atoms with Gasteiger partial charge < -0.3 is 4.74 Å². The van der Waals surface area contributed by atoms with Crippen molar-refractivity contribution in [2.45, 2.75) is 65.5 Å². The Morgan fingerprint density at radius 2 is 1.89 bits per heavy atom. The predicted octanol–water partition coefficient (Wildman–Crippen LogP) is 3.00. The molecule has 1 saturated carbocycles. The molecule has 18 heavy (non-hydrogen) atoms. The van der Waals surface area contributed by atoms with Crippen LogP contribution in [0.3, 0.4) is 0 Å². The lowest BCUT2D eigenvalue weighted by Crippen LogP contribution is -2.44. The van der Waals surface area contributed by atoms with Crippen molar-refractivity contribution in [3.05, 3.63) is 0 Å². The summed E-state index contributed by atoms with van der Waals surface area (Å²) >= 11 is 0. The molecule has 1 rings (SSSR count). The molecule has 0 N–H and O–H groups in total. The molecule has 1 unspecified atom stereocenters. The minimum absolute atomic E-state index is 0.0301. The maximum Gasteiger partial charge on any atom is 0.410 e. The smallest absolute Gasteiger partial charge is 0.410 e.